The molecule has 0 aliphatic carbocycles. The number of carbonyl (C=O) groups is 1. The third-order valence-corrected chi connectivity index (χ3v) is 4.84. The highest BCUT2D eigenvalue weighted by atomic mass is 35.5. The van der Waals surface area contributed by atoms with Gasteiger partial charge in [-0.2, -0.15) is 0 Å². The van der Waals surface area contributed by atoms with Crippen LogP contribution in [0, 0.1) is 0 Å². The van der Waals surface area contributed by atoms with Crippen molar-refractivity contribution in [3.63, 3.8) is 0 Å². The molecule has 0 atom stereocenters. The summed E-state index contributed by atoms with van der Waals surface area (Å²) in [6.45, 7) is 0. The van der Waals surface area contributed by atoms with Crippen molar-refractivity contribution in [3.8, 4) is 17.2 Å². The minimum atomic E-state index is -0.266. The molecule has 134 valence electrons. The molecule has 3 aromatic rings. The van der Waals surface area contributed by atoms with E-state index in [4.69, 9.17) is 32.4 Å². The summed E-state index contributed by atoms with van der Waals surface area (Å²) >= 11 is 13.4. The number of rotatable bonds is 6. The number of halogens is 2. The van der Waals surface area contributed by atoms with Gasteiger partial charge in [0, 0.05) is 9.92 Å². The first-order valence-electron chi connectivity index (χ1n) is 7.41. The normalized spacial score (nSPS) is 10.6. The molecule has 26 heavy (non-hydrogen) atoms. The first-order valence-corrected chi connectivity index (χ1v) is 9.15. The Hall–Kier alpha value is -2.22. The Kier molecular flexibility index (Phi) is 6.03. The predicted molar refractivity (Wildman–Crippen MR) is 102 cm³/mol. The van der Waals surface area contributed by atoms with Crippen molar-refractivity contribution in [1.29, 1.82) is 0 Å². The van der Waals surface area contributed by atoms with Gasteiger partial charge in [0.05, 0.1) is 23.4 Å². The SMILES string of the molecule is COc1ccc(SCC(=O)Nc2nnc(-c3cc(Cl)ccc3Cl)o2)cc1. The van der Waals surface area contributed by atoms with Gasteiger partial charge >= 0.3 is 6.01 Å². The number of aromatic nitrogens is 2. The molecule has 1 amide bonds. The van der Waals surface area contributed by atoms with E-state index >= 15 is 0 Å². The number of anilines is 1. The molecule has 0 aliphatic heterocycles. The quantitative estimate of drug-likeness (QED) is 0.590. The lowest BCUT2D eigenvalue weighted by Gasteiger charge is -2.03. The molecule has 6 nitrogen and oxygen atoms in total. The number of ether oxygens (including phenoxy) is 1. The molecule has 0 radical (unpaired) electrons. The van der Waals surface area contributed by atoms with E-state index in [0.717, 1.165) is 10.6 Å². The molecule has 0 fully saturated rings. The highest BCUT2D eigenvalue weighted by Crippen LogP contribution is 2.30. The lowest BCUT2D eigenvalue weighted by atomic mass is 10.2. The smallest absolute Gasteiger partial charge is 0.322 e. The largest absolute Gasteiger partial charge is 0.497 e. The Morgan fingerprint density at radius 3 is 2.69 bits per heavy atom. The minimum absolute atomic E-state index is 0.00336. The molecule has 2 aromatic carbocycles. The molecule has 9 heteroatoms. The first kappa shape index (κ1) is 18.6. The maximum Gasteiger partial charge on any atom is 0.322 e. The van der Waals surface area contributed by atoms with Crippen LogP contribution in [0.5, 0.6) is 5.75 Å². The Morgan fingerprint density at radius 1 is 1.19 bits per heavy atom. The highest BCUT2D eigenvalue weighted by Gasteiger charge is 2.14. The van der Waals surface area contributed by atoms with E-state index in [-0.39, 0.29) is 23.6 Å². The minimum Gasteiger partial charge on any atom is -0.497 e. The van der Waals surface area contributed by atoms with Crippen LogP contribution in [0.2, 0.25) is 10.0 Å². The van der Waals surface area contributed by atoms with Crippen molar-refractivity contribution in [3.05, 3.63) is 52.5 Å². The van der Waals surface area contributed by atoms with Gasteiger partial charge in [-0.3, -0.25) is 10.1 Å². The molecular formula is C17H13Cl2N3O3S. The lowest BCUT2D eigenvalue weighted by Crippen LogP contribution is -2.14. The highest BCUT2D eigenvalue weighted by molar-refractivity contribution is 8.00. The van der Waals surface area contributed by atoms with Crippen molar-refractivity contribution in [1.82, 2.24) is 10.2 Å². The fourth-order valence-corrected chi connectivity index (χ4v) is 3.09. The second-order valence-corrected chi connectivity index (χ2v) is 6.94. The molecule has 0 saturated heterocycles. The third-order valence-electron chi connectivity index (χ3n) is 3.26. The second-order valence-electron chi connectivity index (χ2n) is 5.05. The summed E-state index contributed by atoms with van der Waals surface area (Å²) < 4.78 is 10.5. The number of amides is 1. The molecule has 1 N–H and O–H groups in total. The van der Waals surface area contributed by atoms with Gasteiger partial charge in [0.2, 0.25) is 5.91 Å². The summed E-state index contributed by atoms with van der Waals surface area (Å²) in [5, 5.41) is 11.2. The van der Waals surface area contributed by atoms with Gasteiger partial charge in [0.15, 0.2) is 0 Å². The van der Waals surface area contributed by atoms with Gasteiger partial charge in [-0.05, 0) is 42.5 Å². The summed E-state index contributed by atoms with van der Waals surface area (Å²) in [5.74, 6) is 0.868. The van der Waals surface area contributed by atoms with Crippen LogP contribution in [-0.2, 0) is 4.79 Å². The van der Waals surface area contributed by atoms with E-state index in [2.05, 4.69) is 15.5 Å². The number of benzene rings is 2. The van der Waals surface area contributed by atoms with E-state index in [9.17, 15) is 4.79 Å². The second kappa shape index (κ2) is 8.44. The summed E-state index contributed by atoms with van der Waals surface area (Å²) in [5.41, 5.74) is 0.500. The van der Waals surface area contributed by atoms with Gasteiger partial charge in [-0.15, -0.1) is 16.9 Å². The topological polar surface area (TPSA) is 77.2 Å². The molecular weight excluding hydrogens is 397 g/mol. The van der Waals surface area contributed by atoms with Crippen molar-refractivity contribution >= 4 is 46.9 Å². The summed E-state index contributed by atoms with van der Waals surface area (Å²) in [7, 11) is 1.60. The zero-order chi connectivity index (χ0) is 18.5. The van der Waals surface area contributed by atoms with Crippen LogP contribution < -0.4 is 10.1 Å². The van der Waals surface area contributed by atoms with Gasteiger partial charge < -0.3 is 9.15 Å². The van der Waals surface area contributed by atoms with Crippen LogP contribution in [0.25, 0.3) is 11.5 Å². The average Bonchev–Trinajstić information content (AvgIpc) is 3.10. The number of thioether (sulfide) groups is 1. The fourth-order valence-electron chi connectivity index (χ4n) is 2.02. The van der Waals surface area contributed by atoms with E-state index in [0.29, 0.717) is 15.6 Å². The summed E-state index contributed by atoms with van der Waals surface area (Å²) in [6.07, 6.45) is 0. The summed E-state index contributed by atoms with van der Waals surface area (Å²) in [6, 6.07) is 12.3. The Labute approximate surface area is 163 Å². The number of nitrogens with one attached hydrogen (secondary N) is 1. The average molecular weight is 410 g/mol. The fraction of sp³-hybridized carbons (Fsp3) is 0.118. The molecule has 0 unspecified atom stereocenters. The van der Waals surface area contributed by atoms with Crippen LogP contribution in [0.15, 0.2) is 51.8 Å². The van der Waals surface area contributed by atoms with Crippen molar-refractivity contribution in [2.45, 2.75) is 4.90 Å². The Morgan fingerprint density at radius 2 is 1.96 bits per heavy atom. The molecule has 0 saturated carbocycles. The molecule has 1 heterocycles. The molecule has 0 bridgehead atoms. The van der Waals surface area contributed by atoms with E-state index in [1.165, 1.54) is 11.8 Å². The number of hydrogen-bond acceptors (Lipinski definition) is 6. The van der Waals surface area contributed by atoms with Crippen molar-refractivity contribution in [2.24, 2.45) is 0 Å². The molecule has 3 rings (SSSR count). The van der Waals surface area contributed by atoms with Gasteiger partial charge in [0.1, 0.15) is 5.75 Å². The van der Waals surface area contributed by atoms with Crippen molar-refractivity contribution in [2.75, 3.05) is 18.2 Å². The maximum atomic E-state index is 12.0. The van der Waals surface area contributed by atoms with Crippen LogP contribution >= 0.6 is 35.0 Å². The van der Waals surface area contributed by atoms with Crippen LogP contribution in [0.3, 0.4) is 0 Å². The first-order chi connectivity index (χ1) is 12.5. The number of hydrogen-bond donors (Lipinski definition) is 1. The Balaban J connectivity index is 1.59. The zero-order valence-corrected chi connectivity index (χ0v) is 15.9. The molecule has 0 spiro atoms. The van der Waals surface area contributed by atoms with Crippen LogP contribution in [-0.4, -0.2) is 29.0 Å². The molecule has 0 aliphatic rings. The van der Waals surface area contributed by atoms with E-state index in [1.54, 1.807) is 25.3 Å². The third kappa shape index (κ3) is 4.69. The van der Waals surface area contributed by atoms with Crippen LogP contribution in [0.1, 0.15) is 0 Å². The van der Waals surface area contributed by atoms with E-state index < -0.39 is 0 Å². The maximum absolute atomic E-state index is 12.0. The van der Waals surface area contributed by atoms with Crippen molar-refractivity contribution < 1.29 is 13.9 Å². The number of carbonyl (C=O) groups excluding carboxylic acids is 1. The zero-order valence-electron chi connectivity index (χ0n) is 13.5. The van der Waals surface area contributed by atoms with Gasteiger partial charge in [0.25, 0.3) is 5.89 Å². The predicted octanol–water partition coefficient (Wildman–Crippen LogP) is 4.78. The number of nitrogens with zero attached hydrogens (tertiary/aromatic N) is 2. The monoisotopic (exact) mass is 409 g/mol. The standard InChI is InChI=1S/C17H13Cl2N3O3S/c1-24-11-3-5-12(6-4-11)26-9-15(23)20-17-22-21-16(25-17)13-8-10(18)2-7-14(13)19/h2-8H,9H2,1H3,(H,20,22,23). The lowest BCUT2D eigenvalue weighted by molar-refractivity contribution is -0.113. The number of methoxy groups -OCH3 is 1. The summed E-state index contributed by atoms with van der Waals surface area (Å²) in [4.78, 5) is 13.0. The Bertz CT molecular complexity index is 916. The van der Waals surface area contributed by atoms with E-state index in [1.807, 2.05) is 24.3 Å². The van der Waals surface area contributed by atoms with Gasteiger partial charge in [-0.1, -0.05) is 28.3 Å². The van der Waals surface area contributed by atoms with Crippen LogP contribution in [0.4, 0.5) is 6.01 Å². The molecule has 1 aromatic heterocycles. The van der Waals surface area contributed by atoms with Gasteiger partial charge in [-0.25, -0.2) is 0 Å².